The number of amides is 1. The molecule has 0 radical (unpaired) electrons. The Morgan fingerprint density at radius 2 is 2.31 bits per heavy atom. The molecule has 1 aliphatic rings. The number of anilines is 1. The van der Waals surface area contributed by atoms with Gasteiger partial charge in [0, 0.05) is 6.04 Å². The molecule has 1 aliphatic carbocycles. The summed E-state index contributed by atoms with van der Waals surface area (Å²) >= 11 is 0. The van der Waals surface area contributed by atoms with Crippen molar-refractivity contribution in [3.63, 3.8) is 0 Å². The molecule has 3 N–H and O–H groups in total. The van der Waals surface area contributed by atoms with Gasteiger partial charge in [-0.25, -0.2) is 4.98 Å². The first-order valence-corrected chi connectivity index (χ1v) is 5.53. The highest BCUT2D eigenvalue weighted by Crippen LogP contribution is 2.24. The lowest BCUT2D eigenvalue weighted by molar-refractivity contribution is 0.0932. The van der Waals surface area contributed by atoms with Gasteiger partial charge in [-0.1, -0.05) is 6.92 Å². The summed E-state index contributed by atoms with van der Waals surface area (Å²) in [5.74, 6) is 0.781. The van der Waals surface area contributed by atoms with Gasteiger partial charge in [0.25, 0.3) is 5.91 Å². The molecule has 1 aromatic rings. The Morgan fingerprint density at radius 3 is 2.94 bits per heavy atom. The Bertz CT molecular complexity index is 393. The number of hydrogen-bond acceptors (Lipinski definition) is 4. The van der Waals surface area contributed by atoms with E-state index in [1.165, 1.54) is 18.8 Å². The topological polar surface area (TPSA) is 80.9 Å². The number of nitrogens with zero attached hydrogens (tertiary/aromatic N) is 2. The minimum absolute atomic E-state index is 0.182. The highest BCUT2D eigenvalue weighted by atomic mass is 16.1. The zero-order valence-electron chi connectivity index (χ0n) is 9.31. The third-order valence-corrected chi connectivity index (χ3v) is 2.92. The highest BCUT2D eigenvalue weighted by Gasteiger charge is 2.23. The first-order valence-electron chi connectivity index (χ1n) is 5.53. The van der Waals surface area contributed by atoms with Gasteiger partial charge >= 0.3 is 0 Å². The van der Waals surface area contributed by atoms with Gasteiger partial charge < -0.3 is 11.1 Å². The van der Waals surface area contributed by atoms with E-state index in [9.17, 15) is 4.79 Å². The molecule has 1 heterocycles. The van der Waals surface area contributed by atoms with E-state index in [0.29, 0.717) is 11.6 Å². The first kappa shape index (κ1) is 10.9. The molecule has 86 valence electrons. The molecule has 5 heteroatoms. The number of hydrogen-bond donors (Lipinski definition) is 2. The third kappa shape index (κ3) is 2.48. The molecule has 2 rings (SSSR count). The van der Waals surface area contributed by atoms with Crippen molar-refractivity contribution in [2.45, 2.75) is 32.2 Å². The van der Waals surface area contributed by atoms with Crippen LogP contribution in [0, 0.1) is 5.92 Å². The normalized spacial score (nSPS) is 24.3. The maximum Gasteiger partial charge on any atom is 0.271 e. The Balaban J connectivity index is 1.98. The lowest BCUT2D eigenvalue weighted by atomic mass is 10.1. The van der Waals surface area contributed by atoms with Crippen LogP contribution in [-0.4, -0.2) is 21.9 Å². The molecule has 0 aromatic carbocycles. The van der Waals surface area contributed by atoms with Crippen LogP contribution >= 0.6 is 0 Å². The Kier molecular flexibility index (Phi) is 3.03. The lowest BCUT2D eigenvalue weighted by Gasteiger charge is -2.11. The highest BCUT2D eigenvalue weighted by molar-refractivity contribution is 5.92. The monoisotopic (exact) mass is 220 g/mol. The van der Waals surface area contributed by atoms with Crippen molar-refractivity contribution in [1.82, 2.24) is 15.3 Å². The van der Waals surface area contributed by atoms with Crippen molar-refractivity contribution in [2.24, 2.45) is 5.92 Å². The van der Waals surface area contributed by atoms with E-state index < -0.39 is 0 Å². The summed E-state index contributed by atoms with van der Waals surface area (Å²) in [6.07, 6.45) is 6.12. The molecular formula is C11H16N4O. The minimum Gasteiger partial charge on any atom is -0.382 e. The molecule has 1 fully saturated rings. The van der Waals surface area contributed by atoms with Gasteiger partial charge in [-0.15, -0.1) is 0 Å². The molecule has 1 saturated carbocycles. The predicted octanol–water partition coefficient (Wildman–Crippen LogP) is 0.977. The van der Waals surface area contributed by atoms with E-state index in [0.717, 1.165) is 12.8 Å². The average molecular weight is 220 g/mol. The van der Waals surface area contributed by atoms with Crippen molar-refractivity contribution >= 4 is 11.7 Å². The van der Waals surface area contributed by atoms with E-state index in [-0.39, 0.29) is 17.8 Å². The molecule has 1 aromatic heterocycles. The Morgan fingerprint density at radius 1 is 1.50 bits per heavy atom. The molecular weight excluding hydrogens is 204 g/mol. The van der Waals surface area contributed by atoms with Gasteiger partial charge in [-0.2, -0.15) is 0 Å². The zero-order chi connectivity index (χ0) is 11.5. The Labute approximate surface area is 94.5 Å². The van der Waals surface area contributed by atoms with Gasteiger partial charge in [0.2, 0.25) is 0 Å². The summed E-state index contributed by atoms with van der Waals surface area (Å²) in [7, 11) is 0. The maximum atomic E-state index is 11.8. The van der Waals surface area contributed by atoms with Gasteiger partial charge in [0.1, 0.15) is 11.5 Å². The predicted molar refractivity (Wildman–Crippen MR) is 60.7 cm³/mol. The van der Waals surface area contributed by atoms with Gasteiger partial charge in [-0.05, 0) is 25.2 Å². The summed E-state index contributed by atoms with van der Waals surface area (Å²) in [5.41, 5.74) is 5.76. The standard InChI is InChI=1S/C11H16N4O/c1-7-2-3-8(4-7)14-11(16)9-5-13-6-10(12)15-9/h5-8H,2-4H2,1H3,(H2,12,15)(H,14,16). The van der Waals surface area contributed by atoms with Gasteiger partial charge in [-0.3, -0.25) is 9.78 Å². The summed E-state index contributed by atoms with van der Waals surface area (Å²) < 4.78 is 0. The van der Waals surface area contributed by atoms with Crippen LogP contribution in [0.5, 0.6) is 0 Å². The molecule has 2 unspecified atom stereocenters. The third-order valence-electron chi connectivity index (χ3n) is 2.92. The summed E-state index contributed by atoms with van der Waals surface area (Å²) in [6.45, 7) is 2.20. The SMILES string of the molecule is CC1CCC(NC(=O)c2cncc(N)n2)C1. The molecule has 5 nitrogen and oxygen atoms in total. The molecule has 0 aliphatic heterocycles. The summed E-state index contributed by atoms with van der Waals surface area (Å²) in [5, 5.41) is 2.96. The number of nitrogens with two attached hydrogens (primary N) is 1. The van der Waals surface area contributed by atoms with Crippen LogP contribution in [0.15, 0.2) is 12.4 Å². The smallest absolute Gasteiger partial charge is 0.271 e. The average Bonchev–Trinajstić information content (AvgIpc) is 2.64. The largest absolute Gasteiger partial charge is 0.382 e. The molecule has 16 heavy (non-hydrogen) atoms. The second-order valence-electron chi connectivity index (χ2n) is 4.42. The van der Waals surface area contributed by atoms with Crippen LogP contribution in [0.2, 0.25) is 0 Å². The summed E-state index contributed by atoms with van der Waals surface area (Å²) in [4.78, 5) is 19.6. The zero-order valence-corrected chi connectivity index (χ0v) is 9.31. The second-order valence-corrected chi connectivity index (χ2v) is 4.42. The van der Waals surface area contributed by atoms with Crippen LogP contribution in [0.1, 0.15) is 36.7 Å². The van der Waals surface area contributed by atoms with Crippen molar-refractivity contribution in [1.29, 1.82) is 0 Å². The molecule has 1 amide bonds. The fourth-order valence-corrected chi connectivity index (χ4v) is 2.09. The van der Waals surface area contributed by atoms with E-state index in [1.807, 2.05) is 0 Å². The van der Waals surface area contributed by atoms with Crippen LogP contribution < -0.4 is 11.1 Å². The van der Waals surface area contributed by atoms with Crippen LogP contribution in [0.25, 0.3) is 0 Å². The molecule has 0 saturated heterocycles. The number of carbonyl (C=O) groups excluding carboxylic acids is 1. The van der Waals surface area contributed by atoms with Crippen LogP contribution in [0.4, 0.5) is 5.82 Å². The maximum absolute atomic E-state index is 11.8. The molecule has 2 atom stereocenters. The Hall–Kier alpha value is -1.65. The van der Waals surface area contributed by atoms with Crippen molar-refractivity contribution in [3.05, 3.63) is 18.1 Å². The summed E-state index contributed by atoms with van der Waals surface area (Å²) in [6, 6.07) is 0.269. The van der Waals surface area contributed by atoms with Crippen LogP contribution in [-0.2, 0) is 0 Å². The lowest BCUT2D eigenvalue weighted by Crippen LogP contribution is -2.33. The fourth-order valence-electron chi connectivity index (χ4n) is 2.09. The van der Waals surface area contributed by atoms with E-state index in [1.54, 1.807) is 0 Å². The van der Waals surface area contributed by atoms with Crippen molar-refractivity contribution in [2.75, 3.05) is 5.73 Å². The van der Waals surface area contributed by atoms with Crippen molar-refractivity contribution < 1.29 is 4.79 Å². The number of aromatic nitrogens is 2. The van der Waals surface area contributed by atoms with Gasteiger partial charge in [0.05, 0.1) is 12.4 Å². The van der Waals surface area contributed by atoms with Gasteiger partial charge in [0.15, 0.2) is 0 Å². The second kappa shape index (κ2) is 4.47. The number of nitrogens with one attached hydrogen (secondary N) is 1. The fraction of sp³-hybridized carbons (Fsp3) is 0.545. The van der Waals surface area contributed by atoms with Crippen molar-refractivity contribution in [3.8, 4) is 0 Å². The minimum atomic E-state index is -0.182. The number of carbonyl (C=O) groups is 1. The quantitative estimate of drug-likeness (QED) is 0.778. The number of rotatable bonds is 2. The molecule has 0 bridgehead atoms. The van der Waals surface area contributed by atoms with Crippen LogP contribution in [0.3, 0.4) is 0 Å². The first-order chi connectivity index (χ1) is 7.65. The van der Waals surface area contributed by atoms with E-state index in [2.05, 4.69) is 22.2 Å². The molecule has 0 spiro atoms. The number of nitrogen functional groups attached to an aromatic ring is 1. The van der Waals surface area contributed by atoms with E-state index in [4.69, 9.17) is 5.73 Å². The van der Waals surface area contributed by atoms with E-state index >= 15 is 0 Å².